The number of rotatable bonds is 2. The fraction of sp³-hybridized carbons (Fsp3) is 0.500. The Labute approximate surface area is 93.6 Å². The number of alkyl halides is 2. The van der Waals surface area contributed by atoms with Gasteiger partial charge in [0.2, 0.25) is 0 Å². The third-order valence-electron chi connectivity index (χ3n) is 2.90. The summed E-state index contributed by atoms with van der Waals surface area (Å²) in [7, 11) is 1.56. The molecule has 0 radical (unpaired) electrons. The van der Waals surface area contributed by atoms with Crippen LogP contribution in [0.25, 0.3) is 0 Å². The summed E-state index contributed by atoms with van der Waals surface area (Å²) in [5.74, 6) is -1.91. The molecule has 2 rings (SSSR count). The zero-order valence-corrected chi connectivity index (χ0v) is 9.17. The summed E-state index contributed by atoms with van der Waals surface area (Å²) in [5.41, 5.74) is 0.810. The van der Waals surface area contributed by atoms with Gasteiger partial charge in [-0.05, 0) is 6.07 Å². The van der Waals surface area contributed by atoms with Crippen molar-refractivity contribution >= 4 is 0 Å². The lowest BCUT2D eigenvalue weighted by Gasteiger charge is -2.31. The van der Waals surface area contributed by atoms with Crippen LogP contribution in [0.5, 0.6) is 5.75 Å². The first-order chi connectivity index (χ1) is 7.62. The van der Waals surface area contributed by atoms with Gasteiger partial charge >= 0.3 is 0 Å². The molecule has 0 spiro atoms. The number of halogens is 2. The van der Waals surface area contributed by atoms with Crippen LogP contribution < -0.4 is 10.1 Å². The van der Waals surface area contributed by atoms with E-state index in [1.54, 1.807) is 13.2 Å². The monoisotopic (exact) mass is 227 g/mol. The third-order valence-corrected chi connectivity index (χ3v) is 2.90. The molecule has 1 heterocycles. The van der Waals surface area contributed by atoms with Crippen molar-refractivity contribution in [3.63, 3.8) is 0 Å². The highest BCUT2D eigenvalue weighted by atomic mass is 19.3. The van der Waals surface area contributed by atoms with Gasteiger partial charge in [-0.1, -0.05) is 18.2 Å². The minimum Gasteiger partial charge on any atom is -0.496 e. The van der Waals surface area contributed by atoms with Crippen LogP contribution in [0.4, 0.5) is 8.78 Å². The van der Waals surface area contributed by atoms with Crippen LogP contribution >= 0.6 is 0 Å². The van der Waals surface area contributed by atoms with Gasteiger partial charge in [0.15, 0.2) is 0 Å². The summed E-state index contributed by atoms with van der Waals surface area (Å²) in [6.07, 6.45) is -0.244. The van der Waals surface area contributed by atoms with E-state index >= 15 is 0 Å². The van der Waals surface area contributed by atoms with E-state index in [-0.39, 0.29) is 18.9 Å². The average Bonchev–Trinajstić information content (AvgIpc) is 2.27. The van der Waals surface area contributed by atoms with Crippen LogP contribution in [0.3, 0.4) is 0 Å². The fourth-order valence-corrected chi connectivity index (χ4v) is 2.08. The summed E-state index contributed by atoms with van der Waals surface area (Å²) in [5, 5.41) is 3.11. The predicted octanol–water partition coefficient (Wildman–Crippen LogP) is 2.75. The van der Waals surface area contributed by atoms with Gasteiger partial charge in [0, 0.05) is 31.0 Å². The predicted molar refractivity (Wildman–Crippen MR) is 57.9 cm³/mol. The Morgan fingerprint density at radius 1 is 1.38 bits per heavy atom. The lowest BCUT2D eigenvalue weighted by Crippen LogP contribution is -2.38. The third kappa shape index (κ3) is 2.32. The Morgan fingerprint density at radius 2 is 2.12 bits per heavy atom. The van der Waals surface area contributed by atoms with Gasteiger partial charge < -0.3 is 10.1 Å². The molecule has 4 heteroatoms. The maximum Gasteiger partial charge on any atom is 0.251 e. The maximum atomic E-state index is 13.3. The van der Waals surface area contributed by atoms with Crippen LogP contribution in [-0.2, 0) is 0 Å². The van der Waals surface area contributed by atoms with Crippen molar-refractivity contribution < 1.29 is 13.5 Å². The summed E-state index contributed by atoms with van der Waals surface area (Å²) >= 11 is 0. The summed E-state index contributed by atoms with van der Waals surface area (Å²) in [6, 6.07) is 6.98. The molecule has 88 valence electrons. The van der Waals surface area contributed by atoms with E-state index in [2.05, 4.69) is 5.32 Å². The van der Waals surface area contributed by atoms with Crippen molar-refractivity contribution in [2.45, 2.75) is 24.8 Å². The quantitative estimate of drug-likeness (QED) is 0.838. The molecular formula is C12H15F2NO. The Balaban J connectivity index is 2.23. The minimum atomic E-state index is -2.57. The lowest BCUT2D eigenvalue weighted by atomic mass is 9.94. The van der Waals surface area contributed by atoms with E-state index in [0.717, 1.165) is 5.56 Å². The van der Waals surface area contributed by atoms with Gasteiger partial charge in [-0.2, -0.15) is 0 Å². The van der Waals surface area contributed by atoms with Gasteiger partial charge in [-0.25, -0.2) is 8.78 Å². The fourth-order valence-electron chi connectivity index (χ4n) is 2.08. The van der Waals surface area contributed by atoms with E-state index < -0.39 is 5.92 Å². The number of piperidine rings is 1. The molecule has 1 saturated heterocycles. The first-order valence-electron chi connectivity index (χ1n) is 5.36. The number of benzene rings is 1. The van der Waals surface area contributed by atoms with E-state index in [9.17, 15) is 8.78 Å². The van der Waals surface area contributed by atoms with Crippen molar-refractivity contribution in [3.8, 4) is 5.75 Å². The Kier molecular flexibility index (Phi) is 3.10. The van der Waals surface area contributed by atoms with Crippen LogP contribution in [0.15, 0.2) is 24.3 Å². The highest BCUT2D eigenvalue weighted by molar-refractivity contribution is 5.36. The number of para-hydroxylation sites is 1. The molecule has 1 aliphatic rings. The number of nitrogens with one attached hydrogen (secondary N) is 1. The van der Waals surface area contributed by atoms with Crippen LogP contribution in [0.2, 0.25) is 0 Å². The SMILES string of the molecule is COc1ccccc1C1CC(F)(F)CCN1. The Hall–Kier alpha value is -1.16. The molecule has 1 fully saturated rings. The topological polar surface area (TPSA) is 21.3 Å². The minimum absolute atomic E-state index is 0.0847. The Bertz CT molecular complexity index is 368. The molecule has 0 aliphatic carbocycles. The smallest absolute Gasteiger partial charge is 0.251 e. The average molecular weight is 227 g/mol. The second-order valence-corrected chi connectivity index (χ2v) is 4.06. The highest BCUT2D eigenvalue weighted by Gasteiger charge is 2.37. The molecule has 1 aromatic rings. The van der Waals surface area contributed by atoms with E-state index in [0.29, 0.717) is 12.3 Å². The second kappa shape index (κ2) is 4.37. The van der Waals surface area contributed by atoms with Crippen molar-refractivity contribution in [3.05, 3.63) is 29.8 Å². The standard InChI is InChI=1S/C12H15F2NO/c1-16-11-5-3-2-4-9(11)10-8-12(13,14)6-7-15-10/h2-5,10,15H,6-8H2,1H3. The molecule has 1 N–H and O–H groups in total. The molecule has 1 unspecified atom stereocenters. The summed E-state index contributed by atoms with van der Waals surface area (Å²) in [4.78, 5) is 0. The van der Waals surface area contributed by atoms with Gasteiger partial charge in [0.1, 0.15) is 5.75 Å². The molecule has 0 amide bonds. The number of methoxy groups -OCH3 is 1. The van der Waals surface area contributed by atoms with Crippen molar-refractivity contribution in [2.75, 3.05) is 13.7 Å². The van der Waals surface area contributed by atoms with Crippen LogP contribution in [-0.4, -0.2) is 19.6 Å². The van der Waals surface area contributed by atoms with Gasteiger partial charge in [0.05, 0.1) is 7.11 Å². The molecular weight excluding hydrogens is 212 g/mol. The molecule has 1 atom stereocenters. The van der Waals surface area contributed by atoms with Crippen molar-refractivity contribution in [2.24, 2.45) is 0 Å². The number of hydrogen-bond donors (Lipinski definition) is 1. The molecule has 0 aromatic heterocycles. The number of hydrogen-bond acceptors (Lipinski definition) is 2. The Morgan fingerprint density at radius 3 is 2.81 bits per heavy atom. The molecule has 1 aliphatic heterocycles. The molecule has 0 saturated carbocycles. The van der Waals surface area contributed by atoms with Crippen LogP contribution in [0, 0.1) is 0 Å². The highest BCUT2D eigenvalue weighted by Crippen LogP contribution is 2.37. The first-order valence-corrected chi connectivity index (χ1v) is 5.36. The van der Waals surface area contributed by atoms with E-state index in [1.165, 1.54) is 0 Å². The van der Waals surface area contributed by atoms with Crippen LogP contribution in [0.1, 0.15) is 24.4 Å². The molecule has 1 aromatic carbocycles. The molecule has 16 heavy (non-hydrogen) atoms. The second-order valence-electron chi connectivity index (χ2n) is 4.06. The van der Waals surface area contributed by atoms with E-state index in [1.807, 2.05) is 18.2 Å². The zero-order chi connectivity index (χ0) is 11.6. The largest absolute Gasteiger partial charge is 0.496 e. The van der Waals surface area contributed by atoms with Crippen molar-refractivity contribution in [1.29, 1.82) is 0 Å². The normalized spacial score (nSPS) is 24.1. The number of ether oxygens (including phenoxy) is 1. The zero-order valence-electron chi connectivity index (χ0n) is 9.17. The van der Waals surface area contributed by atoms with Gasteiger partial charge in [0.25, 0.3) is 5.92 Å². The molecule has 0 bridgehead atoms. The first kappa shape index (κ1) is 11.3. The summed E-state index contributed by atoms with van der Waals surface area (Å²) < 4.78 is 31.8. The van der Waals surface area contributed by atoms with E-state index in [4.69, 9.17) is 4.74 Å². The van der Waals surface area contributed by atoms with Gasteiger partial charge in [-0.3, -0.25) is 0 Å². The molecule has 2 nitrogen and oxygen atoms in total. The van der Waals surface area contributed by atoms with Gasteiger partial charge in [-0.15, -0.1) is 0 Å². The lowest BCUT2D eigenvalue weighted by molar-refractivity contribution is -0.0417. The van der Waals surface area contributed by atoms with Crippen molar-refractivity contribution in [1.82, 2.24) is 5.32 Å². The maximum absolute atomic E-state index is 13.3. The summed E-state index contributed by atoms with van der Waals surface area (Å²) in [6.45, 7) is 0.343.